The molecule has 0 aliphatic carbocycles. The first-order chi connectivity index (χ1) is 22.5. The van der Waals surface area contributed by atoms with Crippen molar-refractivity contribution in [3.63, 3.8) is 0 Å². The summed E-state index contributed by atoms with van der Waals surface area (Å²) in [6.07, 6.45) is -0.145. The number of anilines is 1. The molecule has 0 bridgehead atoms. The first kappa shape index (κ1) is 37.8. The molecule has 0 aliphatic heterocycles. The highest BCUT2D eigenvalue weighted by atomic mass is 32.1. The summed E-state index contributed by atoms with van der Waals surface area (Å²) < 4.78 is 54.6. The van der Waals surface area contributed by atoms with E-state index in [2.05, 4.69) is 15.3 Å². The number of rotatable bonds is 10. The first-order valence-corrected chi connectivity index (χ1v) is 19.4. The van der Waals surface area contributed by atoms with Crippen molar-refractivity contribution in [2.75, 3.05) is 11.4 Å². The number of benzene rings is 2. The number of hydrogen-bond acceptors (Lipinski definition) is 7. The second kappa shape index (κ2) is 14.1. The molecule has 0 aliphatic rings. The van der Waals surface area contributed by atoms with E-state index in [1.54, 1.807) is 32.9 Å². The molecule has 2 aromatic heterocycles. The number of alkyl carbamates (subject to hydrolysis) is 1. The van der Waals surface area contributed by atoms with Gasteiger partial charge in [-0.1, -0.05) is 68.5 Å². The topological polar surface area (TPSA) is 114 Å². The van der Waals surface area contributed by atoms with Gasteiger partial charge in [0, 0.05) is 36.3 Å². The van der Waals surface area contributed by atoms with Crippen LogP contribution in [0.5, 0.6) is 0 Å². The largest absolute Gasteiger partial charge is 0.465 e. The third-order valence-electron chi connectivity index (χ3n) is 8.35. The average Bonchev–Trinajstić information content (AvgIpc) is 3.45. The lowest BCUT2D eigenvalue weighted by Gasteiger charge is -2.42. The lowest BCUT2D eigenvalue weighted by molar-refractivity contribution is 0.0174. The molecule has 0 saturated heterocycles. The number of carboxylic acid groups (broad SMARTS) is 1. The number of carbonyl (C=O) groups excluding carboxylic acids is 1. The highest BCUT2D eigenvalue weighted by Gasteiger charge is 2.43. The number of ether oxygens (including phenoxy) is 1. The molecule has 0 unspecified atom stereocenters. The molecule has 2 atom stereocenters. The quantitative estimate of drug-likeness (QED) is 0.124. The summed E-state index contributed by atoms with van der Waals surface area (Å²) in [5, 5.41) is 14.5. The minimum atomic E-state index is -3.08. The molecule has 2 amide bonds. The minimum absolute atomic E-state index is 0.117. The van der Waals surface area contributed by atoms with Crippen LogP contribution >= 0.6 is 11.3 Å². The molecule has 2 aromatic carbocycles. The van der Waals surface area contributed by atoms with Crippen LogP contribution in [0.2, 0.25) is 18.1 Å². The van der Waals surface area contributed by atoms with Crippen LogP contribution < -0.4 is 10.2 Å². The Morgan fingerprint density at radius 2 is 1.61 bits per heavy atom. The molecule has 49 heavy (non-hydrogen) atoms. The van der Waals surface area contributed by atoms with Gasteiger partial charge in [-0.2, -0.15) is 4.39 Å². The van der Waals surface area contributed by atoms with Gasteiger partial charge in [-0.05, 0) is 61.5 Å². The van der Waals surface area contributed by atoms with Gasteiger partial charge < -0.3 is 19.6 Å². The van der Waals surface area contributed by atoms with E-state index in [9.17, 15) is 27.9 Å². The van der Waals surface area contributed by atoms with Gasteiger partial charge in [0.15, 0.2) is 13.4 Å². The Hall–Kier alpha value is -4.01. The summed E-state index contributed by atoms with van der Waals surface area (Å²) in [4.78, 5) is 35.9. The molecule has 2 heterocycles. The van der Waals surface area contributed by atoms with Crippen molar-refractivity contribution in [1.82, 2.24) is 15.3 Å². The summed E-state index contributed by atoms with van der Waals surface area (Å²) in [6.45, 7) is 15.7. The second-order valence-corrected chi connectivity index (χ2v) is 20.3. The molecule has 2 N–H and O–H groups in total. The van der Waals surface area contributed by atoms with E-state index in [0.29, 0.717) is 21.4 Å². The van der Waals surface area contributed by atoms with E-state index >= 15 is 0 Å². The zero-order valence-electron chi connectivity index (χ0n) is 29.1. The van der Waals surface area contributed by atoms with Crippen LogP contribution in [0.1, 0.15) is 65.7 Å². The van der Waals surface area contributed by atoms with Gasteiger partial charge in [-0.15, -0.1) is 0 Å². The smallest absolute Gasteiger partial charge is 0.413 e. The Morgan fingerprint density at radius 3 is 2.18 bits per heavy atom. The van der Waals surface area contributed by atoms with Crippen molar-refractivity contribution >= 4 is 47.7 Å². The molecule has 9 nitrogen and oxygen atoms in total. The summed E-state index contributed by atoms with van der Waals surface area (Å²) in [6, 6.07) is 11.3. The first-order valence-electron chi connectivity index (χ1n) is 15.7. The van der Waals surface area contributed by atoms with Crippen molar-refractivity contribution in [2.45, 2.75) is 90.3 Å². The monoisotopic (exact) mass is 716 g/mol. The molecule has 0 saturated carbocycles. The van der Waals surface area contributed by atoms with Gasteiger partial charge in [-0.25, -0.2) is 28.3 Å². The van der Waals surface area contributed by atoms with Crippen molar-refractivity contribution in [3.05, 3.63) is 78.0 Å². The molecule has 4 rings (SSSR count). The third kappa shape index (κ3) is 9.58. The minimum Gasteiger partial charge on any atom is -0.465 e. The number of nitrogens with zero attached hydrogens (tertiary/aromatic N) is 3. The second-order valence-electron chi connectivity index (χ2n) is 14.5. The Morgan fingerprint density at radius 1 is 0.959 bits per heavy atom. The number of aromatic nitrogens is 2. The normalized spacial score (nSPS) is 14.0. The molecule has 264 valence electrons. The number of nitrogens with one attached hydrogen (secondary N) is 1. The Bertz CT molecular complexity index is 1800. The fourth-order valence-corrected chi connectivity index (χ4v) is 6.95. The molecular formula is C35H43F3N4O5SSi. The standard InChI is InChI=1S/C35H43F3N4O5SSi/c1-33(2,3)46-31(43)41-26(29(47-49(8,9)34(4,5)6)21-12-14-25(15-13-21)35(7,37)38)20-42(32(44)45)30-40-19-27(48-30)22-10-11-23-18-39-28(36)17-24(23)16-22/h10-19,26,29H,20H2,1-9H3,(H,41,43)(H,44,45)/t26-,29+/m1/s1. The van der Waals surface area contributed by atoms with Crippen molar-refractivity contribution < 1.29 is 37.0 Å². The zero-order valence-corrected chi connectivity index (χ0v) is 30.9. The van der Waals surface area contributed by atoms with Gasteiger partial charge in [-0.3, -0.25) is 4.90 Å². The number of amides is 2. The third-order valence-corrected chi connectivity index (χ3v) is 13.9. The van der Waals surface area contributed by atoms with Crippen LogP contribution in [0.4, 0.5) is 27.9 Å². The number of alkyl halides is 2. The van der Waals surface area contributed by atoms with Crippen LogP contribution in [-0.2, 0) is 15.1 Å². The number of carbonyl (C=O) groups is 2. The van der Waals surface area contributed by atoms with Crippen LogP contribution in [0.15, 0.2) is 60.9 Å². The van der Waals surface area contributed by atoms with Crippen LogP contribution in [0.25, 0.3) is 21.2 Å². The lowest BCUT2D eigenvalue weighted by atomic mass is 9.99. The van der Waals surface area contributed by atoms with E-state index in [1.165, 1.54) is 42.7 Å². The SMILES string of the molecule is CC(C)(C)OC(=O)N[C@H](CN(C(=O)O)c1ncc(-c2ccc3cnc(F)cc3c2)s1)[C@@H](O[Si](C)(C)C(C)(C)C)c1ccc(C(C)(F)F)cc1. The van der Waals surface area contributed by atoms with Crippen molar-refractivity contribution in [1.29, 1.82) is 0 Å². The number of pyridine rings is 1. The molecule has 0 spiro atoms. The summed E-state index contributed by atoms with van der Waals surface area (Å²) in [5.41, 5.74) is 0.104. The lowest BCUT2D eigenvalue weighted by Crippen LogP contribution is -2.53. The van der Waals surface area contributed by atoms with Crippen molar-refractivity contribution in [3.8, 4) is 10.4 Å². The maximum atomic E-state index is 14.2. The molecule has 0 radical (unpaired) electrons. The number of halogens is 3. The Balaban J connectivity index is 1.78. The van der Waals surface area contributed by atoms with E-state index in [1.807, 2.05) is 39.9 Å². The molecular weight excluding hydrogens is 674 g/mol. The van der Waals surface area contributed by atoms with Gasteiger partial charge in [0.05, 0.1) is 23.6 Å². The molecule has 14 heteroatoms. The summed E-state index contributed by atoms with van der Waals surface area (Å²) >= 11 is 1.10. The highest BCUT2D eigenvalue weighted by Crippen LogP contribution is 2.42. The predicted molar refractivity (Wildman–Crippen MR) is 188 cm³/mol. The fourth-order valence-electron chi connectivity index (χ4n) is 4.74. The summed E-state index contributed by atoms with van der Waals surface area (Å²) in [5.74, 6) is -3.70. The zero-order chi connectivity index (χ0) is 36.5. The van der Waals surface area contributed by atoms with Crippen LogP contribution in [-0.4, -0.2) is 53.8 Å². The van der Waals surface area contributed by atoms with Crippen molar-refractivity contribution in [2.24, 2.45) is 0 Å². The maximum Gasteiger partial charge on any atom is 0.413 e. The van der Waals surface area contributed by atoms with Gasteiger partial charge >= 0.3 is 12.2 Å². The van der Waals surface area contributed by atoms with Gasteiger partial charge in [0.2, 0.25) is 5.95 Å². The Kier molecular flexibility index (Phi) is 10.9. The van der Waals surface area contributed by atoms with Crippen LogP contribution in [0.3, 0.4) is 0 Å². The van der Waals surface area contributed by atoms with Gasteiger partial charge in [0.25, 0.3) is 5.92 Å². The number of thiazole rings is 1. The summed E-state index contributed by atoms with van der Waals surface area (Å²) in [7, 11) is -2.64. The predicted octanol–water partition coefficient (Wildman–Crippen LogP) is 9.75. The van der Waals surface area contributed by atoms with E-state index in [-0.39, 0.29) is 22.3 Å². The Labute approximate surface area is 289 Å². The maximum absolute atomic E-state index is 14.2. The average molecular weight is 717 g/mol. The van der Waals surface area contributed by atoms with E-state index in [4.69, 9.17) is 9.16 Å². The number of hydrogen-bond donors (Lipinski definition) is 2. The fraction of sp³-hybridized carbons (Fsp3) is 0.429. The molecule has 4 aromatic rings. The highest BCUT2D eigenvalue weighted by molar-refractivity contribution is 7.19. The van der Waals surface area contributed by atoms with E-state index in [0.717, 1.165) is 28.5 Å². The van der Waals surface area contributed by atoms with E-state index < -0.39 is 50.1 Å². The van der Waals surface area contributed by atoms with Crippen LogP contribution in [0, 0.1) is 5.95 Å². The molecule has 0 fully saturated rings. The number of fused-ring (bicyclic) bond motifs is 1. The van der Waals surface area contributed by atoms with Gasteiger partial charge in [0.1, 0.15) is 5.60 Å².